The van der Waals surface area contributed by atoms with Gasteiger partial charge in [0.15, 0.2) is 0 Å². The molecule has 6 nitrogen and oxygen atoms in total. The van der Waals surface area contributed by atoms with Crippen LogP contribution in [0.3, 0.4) is 0 Å². The van der Waals surface area contributed by atoms with E-state index in [1.165, 1.54) is 11.8 Å². The van der Waals surface area contributed by atoms with Gasteiger partial charge < -0.3 is 20.5 Å². The molecule has 0 aliphatic rings. The van der Waals surface area contributed by atoms with Gasteiger partial charge in [0.25, 0.3) is 11.1 Å². The molecule has 0 aliphatic heterocycles. The van der Waals surface area contributed by atoms with Crippen molar-refractivity contribution in [3.8, 4) is 0 Å². The van der Waals surface area contributed by atoms with Crippen molar-refractivity contribution >= 4 is 75.6 Å². The molecule has 1 amide bonds. The van der Waals surface area contributed by atoms with E-state index in [2.05, 4.69) is 10.6 Å². The molecule has 1 unspecified atom stereocenters. The normalized spacial score (nSPS) is 11.4. The van der Waals surface area contributed by atoms with E-state index in [-0.39, 0.29) is 24.1 Å². The molecule has 0 aromatic heterocycles. The number of hydrogen-bond donors (Lipinski definition) is 3. The summed E-state index contributed by atoms with van der Waals surface area (Å²) in [5, 5.41) is 15.9. The van der Waals surface area contributed by atoms with Gasteiger partial charge in [-0.15, -0.1) is 11.8 Å². The van der Waals surface area contributed by atoms with Crippen LogP contribution in [0.15, 0.2) is 77.7 Å². The van der Waals surface area contributed by atoms with E-state index in [0.717, 1.165) is 10.6 Å². The summed E-state index contributed by atoms with van der Waals surface area (Å²) in [6.45, 7) is 0.138. The fraction of sp³-hybridized carbons (Fsp3) is 0.125. The second kappa shape index (κ2) is 12.6. The van der Waals surface area contributed by atoms with Crippen LogP contribution in [0.1, 0.15) is 16.8 Å². The number of carbonyl (C=O) groups excluding carboxylic acids is 1. The van der Waals surface area contributed by atoms with Gasteiger partial charge >= 0.3 is 5.97 Å². The van der Waals surface area contributed by atoms with Crippen molar-refractivity contribution in [3.05, 3.63) is 88.4 Å². The summed E-state index contributed by atoms with van der Waals surface area (Å²) in [7, 11) is 0. The number of nitrogens with one attached hydrogen (secondary N) is 2. The van der Waals surface area contributed by atoms with E-state index in [1.807, 2.05) is 0 Å². The summed E-state index contributed by atoms with van der Waals surface area (Å²) in [6, 6.07) is 20.5. The van der Waals surface area contributed by atoms with E-state index in [9.17, 15) is 14.7 Å². The molecule has 0 radical (unpaired) electrons. The Morgan fingerprint density at radius 2 is 1.41 bits per heavy atom. The van der Waals surface area contributed by atoms with Crippen LogP contribution in [0.2, 0.25) is 10.0 Å². The Morgan fingerprint density at radius 1 is 0.882 bits per heavy atom. The van der Waals surface area contributed by atoms with Gasteiger partial charge in [-0.25, -0.2) is 0 Å². The number of anilines is 2. The summed E-state index contributed by atoms with van der Waals surface area (Å²) in [4.78, 5) is 24.7. The predicted molar refractivity (Wildman–Crippen MR) is 141 cm³/mol. The van der Waals surface area contributed by atoms with Gasteiger partial charge in [-0.3, -0.25) is 9.59 Å². The van der Waals surface area contributed by atoms with Crippen LogP contribution in [0.4, 0.5) is 11.4 Å². The maximum atomic E-state index is 12.3. The maximum Gasteiger partial charge on any atom is 0.317 e. The van der Waals surface area contributed by atoms with Crippen molar-refractivity contribution in [2.75, 3.05) is 17.2 Å². The molecule has 0 saturated carbocycles. The Balaban J connectivity index is 1.48. The fourth-order valence-corrected chi connectivity index (χ4v) is 4.15. The molecule has 10 heteroatoms. The van der Waals surface area contributed by atoms with Crippen LogP contribution >= 0.6 is 47.2 Å². The number of amides is 1. The lowest BCUT2D eigenvalue weighted by Gasteiger charge is -2.14. The van der Waals surface area contributed by atoms with Crippen molar-refractivity contribution in [2.24, 2.45) is 0 Å². The number of carboxylic acid groups (broad SMARTS) is 1. The second-order valence-corrected chi connectivity index (χ2v) is 9.51. The Labute approximate surface area is 216 Å². The summed E-state index contributed by atoms with van der Waals surface area (Å²) in [5.74, 6) is -1.22. The number of benzene rings is 3. The molecular formula is C24H20Cl2N2O4S2. The number of carbonyl (C=O) groups is 2. The van der Waals surface area contributed by atoms with Crippen molar-refractivity contribution in [2.45, 2.75) is 16.6 Å². The first-order chi connectivity index (χ1) is 16.3. The third-order valence-electron chi connectivity index (χ3n) is 4.48. The van der Waals surface area contributed by atoms with Crippen LogP contribution in [0, 0.1) is 0 Å². The van der Waals surface area contributed by atoms with E-state index < -0.39 is 11.2 Å². The number of carboxylic acids is 1. The maximum absolute atomic E-state index is 12.3. The van der Waals surface area contributed by atoms with Crippen LogP contribution in [0.25, 0.3) is 0 Å². The van der Waals surface area contributed by atoms with E-state index >= 15 is 0 Å². The summed E-state index contributed by atoms with van der Waals surface area (Å²) in [6.07, 6.45) is 0.248. The Hall–Kier alpha value is -2.78. The fourth-order valence-electron chi connectivity index (χ4n) is 2.76. The Morgan fingerprint density at radius 3 is 2.00 bits per heavy atom. The van der Waals surface area contributed by atoms with Crippen LogP contribution in [0.5, 0.6) is 0 Å². The molecular weight excluding hydrogens is 515 g/mol. The highest BCUT2D eigenvalue weighted by Gasteiger charge is 2.19. The summed E-state index contributed by atoms with van der Waals surface area (Å²) < 4.78 is 5.46. The molecule has 0 saturated heterocycles. The zero-order chi connectivity index (χ0) is 24.5. The third-order valence-corrected chi connectivity index (χ3v) is 6.47. The van der Waals surface area contributed by atoms with E-state index in [1.54, 1.807) is 72.8 Å². The topological polar surface area (TPSA) is 87.7 Å². The largest absolute Gasteiger partial charge is 0.480 e. The first-order valence-corrected chi connectivity index (χ1v) is 12.1. The van der Waals surface area contributed by atoms with Gasteiger partial charge in [0.05, 0.1) is 6.61 Å². The zero-order valence-corrected chi connectivity index (χ0v) is 20.8. The van der Waals surface area contributed by atoms with E-state index in [0.29, 0.717) is 21.3 Å². The molecule has 0 spiro atoms. The van der Waals surface area contributed by atoms with E-state index in [4.69, 9.17) is 40.2 Å². The lowest BCUT2D eigenvalue weighted by Crippen LogP contribution is -2.21. The third kappa shape index (κ3) is 8.22. The monoisotopic (exact) mass is 534 g/mol. The quantitative estimate of drug-likeness (QED) is 0.210. The van der Waals surface area contributed by atoms with Gasteiger partial charge in [-0.05, 0) is 85.0 Å². The number of rotatable bonds is 9. The average molecular weight is 535 g/mol. The minimum Gasteiger partial charge on any atom is -0.480 e. The van der Waals surface area contributed by atoms with Crippen LogP contribution < -0.4 is 10.6 Å². The summed E-state index contributed by atoms with van der Waals surface area (Å²) in [5.41, 5.74) is 1.80. The first kappa shape index (κ1) is 25.8. The molecule has 1 atom stereocenters. The molecule has 0 fully saturated rings. The van der Waals surface area contributed by atoms with Crippen LogP contribution in [-0.4, -0.2) is 34.0 Å². The number of hydrogen-bond acceptors (Lipinski definition) is 5. The number of halogens is 2. The van der Waals surface area contributed by atoms with Crippen molar-refractivity contribution in [1.82, 2.24) is 0 Å². The Bertz CT molecular complexity index is 1140. The van der Waals surface area contributed by atoms with Crippen molar-refractivity contribution in [1.29, 1.82) is 0 Å². The molecule has 3 aromatic carbocycles. The molecule has 0 aliphatic carbocycles. The molecule has 34 heavy (non-hydrogen) atoms. The minimum atomic E-state index is -0.953. The second-order valence-electron chi connectivity index (χ2n) is 6.99. The molecule has 3 aromatic rings. The van der Waals surface area contributed by atoms with Gasteiger partial charge in [0.2, 0.25) is 0 Å². The summed E-state index contributed by atoms with van der Waals surface area (Å²) >= 11 is 18.0. The SMILES string of the molecule is O=C(Nc1ccc(SC(CCOC(=S)Nc2ccc(Cl)cc2)C(=O)O)cc1)c1ccc(Cl)cc1. The van der Waals surface area contributed by atoms with Gasteiger partial charge in [0, 0.05) is 38.3 Å². The van der Waals surface area contributed by atoms with Crippen molar-refractivity contribution in [3.63, 3.8) is 0 Å². The first-order valence-electron chi connectivity index (χ1n) is 10.1. The van der Waals surface area contributed by atoms with Crippen molar-refractivity contribution < 1.29 is 19.4 Å². The van der Waals surface area contributed by atoms with Gasteiger partial charge in [0.1, 0.15) is 5.25 Å². The molecule has 0 heterocycles. The zero-order valence-electron chi connectivity index (χ0n) is 17.7. The lowest BCUT2D eigenvalue weighted by atomic mass is 10.2. The molecule has 0 bridgehead atoms. The van der Waals surface area contributed by atoms with Gasteiger partial charge in [-0.1, -0.05) is 23.2 Å². The Kier molecular flexibility index (Phi) is 9.59. The smallest absolute Gasteiger partial charge is 0.317 e. The number of thioether (sulfide) groups is 1. The lowest BCUT2D eigenvalue weighted by molar-refractivity contribution is -0.136. The highest BCUT2D eigenvalue weighted by molar-refractivity contribution is 8.00. The molecule has 3 N–H and O–H groups in total. The molecule has 3 rings (SSSR count). The van der Waals surface area contributed by atoms with Crippen LogP contribution in [-0.2, 0) is 9.53 Å². The van der Waals surface area contributed by atoms with Gasteiger partial charge in [-0.2, -0.15) is 0 Å². The minimum absolute atomic E-state index is 0.138. The highest BCUT2D eigenvalue weighted by Crippen LogP contribution is 2.27. The standard InChI is InChI=1S/C24H20Cl2N2O4S2/c25-16-3-1-15(2-4-16)22(29)27-18-9-11-20(12-10-18)34-21(23(30)31)13-14-32-24(33)28-19-7-5-17(26)6-8-19/h1-12,21H,13-14H2,(H,27,29)(H,28,33)(H,30,31). The molecule has 176 valence electrons. The highest BCUT2D eigenvalue weighted by atomic mass is 35.5. The number of thiocarbonyl (C=S) groups is 1. The number of aliphatic carboxylic acids is 1. The average Bonchev–Trinajstić information content (AvgIpc) is 2.81. The predicted octanol–water partition coefficient (Wildman–Crippen LogP) is 6.59. The number of ether oxygens (including phenoxy) is 1.